The predicted molar refractivity (Wildman–Crippen MR) is 66.7 cm³/mol. The van der Waals surface area contributed by atoms with E-state index in [1.165, 1.54) is 36.8 Å². The van der Waals surface area contributed by atoms with Gasteiger partial charge >= 0.3 is 0 Å². The number of hydrogen-bond acceptors (Lipinski definition) is 1. The number of carbonyl (C=O) groups excluding carboxylic acids is 1. The third-order valence-corrected chi connectivity index (χ3v) is 3.77. The maximum atomic E-state index is 10.6. The molecule has 1 aliphatic carbocycles. The summed E-state index contributed by atoms with van der Waals surface area (Å²) >= 11 is 0. The van der Waals surface area contributed by atoms with Crippen LogP contribution in [0.3, 0.4) is 0 Å². The molecule has 0 bridgehead atoms. The molecule has 0 spiro atoms. The van der Waals surface area contributed by atoms with Gasteiger partial charge in [0.2, 0.25) is 0 Å². The summed E-state index contributed by atoms with van der Waals surface area (Å²) in [4.78, 5) is 10.6. The van der Waals surface area contributed by atoms with Crippen LogP contribution in [0.4, 0.5) is 0 Å². The van der Waals surface area contributed by atoms with Crippen molar-refractivity contribution in [3.05, 3.63) is 35.4 Å². The van der Waals surface area contributed by atoms with Crippen LogP contribution in [0, 0.1) is 0 Å². The topological polar surface area (TPSA) is 17.1 Å². The zero-order valence-electron chi connectivity index (χ0n) is 9.99. The second-order valence-corrected chi connectivity index (χ2v) is 4.91. The monoisotopic (exact) mass is 216 g/mol. The molecule has 0 aliphatic heterocycles. The average molecular weight is 216 g/mol. The van der Waals surface area contributed by atoms with Gasteiger partial charge in [-0.2, -0.15) is 0 Å². The summed E-state index contributed by atoms with van der Waals surface area (Å²) in [6.07, 6.45) is 7.05. The first-order chi connectivity index (χ1) is 7.83. The molecule has 0 radical (unpaired) electrons. The fraction of sp³-hybridized carbons (Fsp3) is 0.533. The molecule has 0 N–H and O–H groups in total. The maximum Gasteiger partial charge on any atom is 0.120 e. The van der Waals surface area contributed by atoms with Crippen molar-refractivity contribution in [2.75, 3.05) is 0 Å². The van der Waals surface area contributed by atoms with Crippen LogP contribution in [0.5, 0.6) is 0 Å². The number of aldehydes is 1. The van der Waals surface area contributed by atoms with E-state index in [2.05, 4.69) is 31.2 Å². The first kappa shape index (κ1) is 11.4. The molecule has 1 unspecified atom stereocenters. The first-order valence-corrected chi connectivity index (χ1v) is 6.35. The second kappa shape index (κ2) is 5.29. The molecule has 2 rings (SSSR count). The minimum atomic E-state index is 0.370. The summed E-state index contributed by atoms with van der Waals surface area (Å²) in [6, 6.07) is 8.67. The highest BCUT2D eigenvalue weighted by Crippen LogP contribution is 2.38. The van der Waals surface area contributed by atoms with Gasteiger partial charge in [-0.05, 0) is 35.8 Å². The lowest BCUT2D eigenvalue weighted by molar-refractivity contribution is -0.108. The van der Waals surface area contributed by atoms with Gasteiger partial charge in [-0.1, -0.05) is 44.0 Å². The highest BCUT2D eigenvalue weighted by Gasteiger charge is 2.21. The lowest BCUT2D eigenvalue weighted by Crippen LogP contribution is -2.03. The lowest BCUT2D eigenvalue weighted by atomic mass is 9.86. The molecule has 0 amide bonds. The first-order valence-electron chi connectivity index (χ1n) is 6.35. The Balaban J connectivity index is 2.25. The van der Waals surface area contributed by atoms with Crippen molar-refractivity contribution in [2.24, 2.45) is 0 Å². The van der Waals surface area contributed by atoms with Crippen LogP contribution in [-0.4, -0.2) is 6.29 Å². The molecule has 0 heterocycles. The highest BCUT2D eigenvalue weighted by atomic mass is 16.1. The fourth-order valence-electron chi connectivity index (χ4n) is 2.84. The predicted octanol–water partition coefficient (Wildman–Crippen LogP) is 4.04. The minimum Gasteiger partial charge on any atom is -0.303 e. The average Bonchev–Trinajstić information content (AvgIpc) is 2.83. The van der Waals surface area contributed by atoms with Crippen molar-refractivity contribution in [1.82, 2.24) is 0 Å². The smallest absolute Gasteiger partial charge is 0.120 e. The third kappa shape index (κ3) is 2.34. The Labute approximate surface area is 97.9 Å². The summed E-state index contributed by atoms with van der Waals surface area (Å²) in [5.41, 5.74) is 2.89. The Bertz CT molecular complexity index is 350. The van der Waals surface area contributed by atoms with Gasteiger partial charge in [-0.3, -0.25) is 0 Å². The van der Waals surface area contributed by atoms with Crippen LogP contribution in [-0.2, 0) is 4.79 Å². The fourth-order valence-corrected chi connectivity index (χ4v) is 2.84. The molecule has 1 aliphatic rings. The van der Waals surface area contributed by atoms with Crippen LogP contribution in [0.25, 0.3) is 0 Å². The van der Waals surface area contributed by atoms with Gasteiger partial charge in [0.25, 0.3) is 0 Å². The summed E-state index contributed by atoms with van der Waals surface area (Å²) < 4.78 is 0. The van der Waals surface area contributed by atoms with Crippen LogP contribution in [0.15, 0.2) is 24.3 Å². The molecule has 1 fully saturated rings. The highest BCUT2D eigenvalue weighted by molar-refractivity contribution is 5.52. The van der Waals surface area contributed by atoms with Crippen molar-refractivity contribution in [1.29, 1.82) is 0 Å². The summed E-state index contributed by atoms with van der Waals surface area (Å²) in [5, 5.41) is 0. The molecule has 1 atom stereocenters. The molecule has 0 saturated heterocycles. The van der Waals surface area contributed by atoms with E-state index in [1.807, 2.05) is 0 Å². The summed E-state index contributed by atoms with van der Waals surface area (Å²) in [5.74, 6) is 1.11. The van der Waals surface area contributed by atoms with E-state index in [-0.39, 0.29) is 0 Å². The van der Waals surface area contributed by atoms with E-state index in [1.54, 1.807) is 0 Å². The van der Waals surface area contributed by atoms with Gasteiger partial charge in [-0.25, -0.2) is 0 Å². The number of hydrogen-bond donors (Lipinski definition) is 0. The Kier molecular flexibility index (Phi) is 3.76. The Morgan fingerprint density at radius 1 is 1.31 bits per heavy atom. The maximum absolute atomic E-state index is 10.6. The van der Waals surface area contributed by atoms with Crippen molar-refractivity contribution in [2.45, 2.75) is 50.9 Å². The second-order valence-electron chi connectivity index (χ2n) is 4.91. The van der Waals surface area contributed by atoms with Crippen molar-refractivity contribution < 1.29 is 4.79 Å². The third-order valence-electron chi connectivity index (χ3n) is 3.77. The Morgan fingerprint density at radius 3 is 2.69 bits per heavy atom. The van der Waals surface area contributed by atoms with Crippen LogP contribution < -0.4 is 0 Å². The van der Waals surface area contributed by atoms with E-state index >= 15 is 0 Å². The molecule has 1 saturated carbocycles. The lowest BCUT2D eigenvalue weighted by Gasteiger charge is -2.18. The normalized spacial score (nSPS) is 18.6. The van der Waals surface area contributed by atoms with Crippen molar-refractivity contribution in [3.8, 4) is 0 Å². The van der Waals surface area contributed by atoms with Crippen molar-refractivity contribution >= 4 is 6.29 Å². The molecule has 1 aromatic carbocycles. The molecule has 86 valence electrons. The van der Waals surface area contributed by atoms with E-state index in [0.717, 1.165) is 12.2 Å². The Morgan fingerprint density at radius 2 is 2.00 bits per heavy atom. The molecular weight excluding hydrogens is 196 g/mol. The van der Waals surface area contributed by atoms with Gasteiger partial charge in [0.05, 0.1) is 0 Å². The number of rotatable bonds is 4. The largest absolute Gasteiger partial charge is 0.303 e. The molecule has 1 aromatic rings. The van der Waals surface area contributed by atoms with Crippen LogP contribution >= 0.6 is 0 Å². The molecular formula is C15H20O. The molecule has 0 aromatic heterocycles. The number of carbonyl (C=O) groups is 1. The van der Waals surface area contributed by atoms with E-state index < -0.39 is 0 Å². The van der Waals surface area contributed by atoms with Gasteiger partial charge in [0.15, 0.2) is 0 Å². The van der Waals surface area contributed by atoms with Crippen molar-refractivity contribution in [3.63, 3.8) is 0 Å². The zero-order chi connectivity index (χ0) is 11.4. The summed E-state index contributed by atoms with van der Waals surface area (Å²) in [7, 11) is 0. The van der Waals surface area contributed by atoms with Gasteiger partial charge in [0.1, 0.15) is 6.29 Å². The summed E-state index contributed by atoms with van der Waals surface area (Å²) in [6.45, 7) is 2.15. The molecule has 1 nitrogen and oxygen atoms in total. The van der Waals surface area contributed by atoms with E-state index in [0.29, 0.717) is 12.3 Å². The van der Waals surface area contributed by atoms with E-state index in [9.17, 15) is 4.79 Å². The Hall–Kier alpha value is -1.11. The van der Waals surface area contributed by atoms with Crippen LogP contribution in [0.1, 0.15) is 62.0 Å². The van der Waals surface area contributed by atoms with Gasteiger partial charge in [-0.15, -0.1) is 0 Å². The molecule has 1 heteroatoms. The SMILES string of the molecule is CC(CC=O)c1ccccc1C1CCCC1. The van der Waals surface area contributed by atoms with E-state index in [4.69, 9.17) is 0 Å². The van der Waals surface area contributed by atoms with Crippen LogP contribution in [0.2, 0.25) is 0 Å². The quantitative estimate of drug-likeness (QED) is 0.694. The number of benzene rings is 1. The van der Waals surface area contributed by atoms with Gasteiger partial charge < -0.3 is 4.79 Å². The standard InChI is InChI=1S/C15H20O/c1-12(10-11-16)14-8-4-5-9-15(14)13-6-2-3-7-13/h4-5,8-9,11-13H,2-3,6-7,10H2,1H3. The minimum absolute atomic E-state index is 0.370. The van der Waals surface area contributed by atoms with Gasteiger partial charge in [0, 0.05) is 6.42 Å². The molecule has 16 heavy (non-hydrogen) atoms. The zero-order valence-corrected chi connectivity index (χ0v) is 9.99.